The molecule has 2 amide bonds. The Kier molecular flexibility index (Phi) is 11.2. The van der Waals surface area contributed by atoms with E-state index in [1.165, 1.54) is 23.1 Å². The van der Waals surface area contributed by atoms with Crippen molar-refractivity contribution in [3.05, 3.63) is 88.9 Å². The van der Waals surface area contributed by atoms with Gasteiger partial charge < -0.3 is 15.0 Å². The van der Waals surface area contributed by atoms with Crippen LogP contribution in [0.1, 0.15) is 38.3 Å². The molecule has 0 saturated carbocycles. The minimum atomic E-state index is -4.17. The molecule has 3 aromatic rings. The van der Waals surface area contributed by atoms with Crippen molar-refractivity contribution in [3.8, 4) is 5.75 Å². The number of methoxy groups -OCH3 is 1. The highest BCUT2D eigenvalue weighted by molar-refractivity contribution is 7.92. The van der Waals surface area contributed by atoms with Gasteiger partial charge in [0.1, 0.15) is 18.3 Å². The highest BCUT2D eigenvalue weighted by atomic mass is 35.5. The van der Waals surface area contributed by atoms with Gasteiger partial charge in [0.25, 0.3) is 10.0 Å². The number of carbonyl (C=O) groups excluding carboxylic acids is 2. The molecule has 1 atom stereocenters. The van der Waals surface area contributed by atoms with E-state index in [2.05, 4.69) is 5.32 Å². The first-order chi connectivity index (χ1) is 19.5. The average molecular weight is 600 g/mol. The standard InChI is InChI=1S/C31H38ClN3O5S/c1-6-28(31(37)33-19-22(2)3)34(20-24-13-16-26(40-5)17-14-24)30(36)21-35(29-18-25(32)15-12-23(29)4)41(38,39)27-10-8-7-9-11-27/h7-18,22,28H,6,19-21H2,1-5H3,(H,33,37)/t28-/m1/s1. The number of benzene rings is 3. The van der Waals surface area contributed by atoms with E-state index in [4.69, 9.17) is 16.3 Å². The minimum Gasteiger partial charge on any atom is -0.497 e. The second kappa shape index (κ2) is 14.4. The summed E-state index contributed by atoms with van der Waals surface area (Å²) >= 11 is 6.28. The van der Waals surface area contributed by atoms with Gasteiger partial charge in [-0.15, -0.1) is 0 Å². The Morgan fingerprint density at radius 2 is 1.66 bits per heavy atom. The SMILES string of the molecule is CC[C@H](C(=O)NCC(C)C)N(Cc1ccc(OC)cc1)C(=O)CN(c1cc(Cl)ccc1C)S(=O)(=O)c1ccccc1. The molecule has 0 heterocycles. The molecule has 0 aliphatic rings. The fourth-order valence-electron chi connectivity index (χ4n) is 4.35. The fraction of sp³-hybridized carbons (Fsp3) is 0.355. The monoisotopic (exact) mass is 599 g/mol. The molecular weight excluding hydrogens is 562 g/mol. The van der Waals surface area contributed by atoms with E-state index in [9.17, 15) is 18.0 Å². The zero-order valence-electron chi connectivity index (χ0n) is 24.1. The molecule has 41 heavy (non-hydrogen) atoms. The Bertz CT molecular complexity index is 1430. The lowest BCUT2D eigenvalue weighted by atomic mass is 10.1. The minimum absolute atomic E-state index is 0.0376. The number of sulfonamides is 1. The number of anilines is 1. The van der Waals surface area contributed by atoms with E-state index in [-0.39, 0.29) is 29.0 Å². The third-order valence-electron chi connectivity index (χ3n) is 6.63. The van der Waals surface area contributed by atoms with Gasteiger partial charge in [0.15, 0.2) is 0 Å². The van der Waals surface area contributed by atoms with E-state index >= 15 is 0 Å². The van der Waals surface area contributed by atoms with Gasteiger partial charge in [-0.3, -0.25) is 13.9 Å². The van der Waals surface area contributed by atoms with Crippen molar-refractivity contribution in [2.75, 3.05) is 24.5 Å². The molecule has 0 saturated heterocycles. The van der Waals surface area contributed by atoms with Crippen LogP contribution >= 0.6 is 11.6 Å². The molecule has 0 spiro atoms. The zero-order chi connectivity index (χ0) is 30.2. The molecule has 0 radical (unpaired) electrons. The maximum Gasteiger partial charge on any atom is 0.264 e. The number of rotatable bonds is 13. The summed E-state index contributed by atoms with van der Waals surface area (Å²) < 4.78 is 34.2. The molecule has 8 nitrogen and oxygen atoms in total. The van der Waals surface area contributed by atoms with Crippen molar-refractivity contribution >= 4 is 39.1 Å². The summed E-state index contributed by atoms with van der Waals surface area (Å²) in [6, 6.07) is 19.2. The topological polar surface area (TPSA) is 96.0 Å². The maximum absolute atomic E-state index is 14.2. The summed E-state index contributed by atoms with van der Waals surface area (Å²) in [5, 5.41) is 3.26. The predicted octanol–water partition coefficient (Wildman–Crippen LogP) is 5.43. The van der Waals surface area contributed by atoms with E-state index in [0.717, 1.165) is 9.87 Å². The molecule has 220 valence electrons. The third kappa shape index (κ3) is 8.24. The fourth-order valence-corrected chi connectivity index (χ4v) is 6.01. The van der Waals surface area contributed by atoms with Crippen molar-refractivity contribution in [3.63, 3.8) is 0 Å². The molecule has 3 rings (SSSR count). The molecule has 0 fully saturated rings. The Balaban J connectivity index is 2.07. The molecule has 10 heteroatoms. The number of ether oxygens (including phenoxy) is 1. The number of nitrogens with zero attached hydrogens (tertiary/aromatic N) is 2. The highest BCUT2D eigenvalue weighted by Gasteiger charge is 2.34. The van der Waals surface area contributed by atoms with Gasteiger partial charge in [0.2, 0.25) is 11.8 Å². The zero-order valence-corrected chi connectivity index (χ0v) is 25.7. The molecule has 3 aromatic carbocycles. The van der Waals surface area contributed by atoms with Crippen LogP contribution in [0.5, 0.6) is 5.75 Å². The van der Waals surface area contributed by atoms with Gasteiger partial charge in [0.05, 0.1) is 17.7 Å². The largest absolute Gasteiger partial charge is 0.497 e. The summed E-state index contributed by atoms with van der Waals surface area (Å²) in [5.41, 5.74) is 1.69. The lowest BCUT2D eigenvalue weighted by Gasteiger charge is -2.33. The predicted molar refractivity (Wildman–Crippen MR) is 163 cm³/mol. The highest BCUT2D eigenvalue weighted by Crippen LogP contribution is 2.30. The molecule has 0 aliphatic carbocycles. The normalized spacial score (nSPS) is 12.1. The molecule has 0 unspecified atom stereocenters. The van der Waals surface area contributed by atoms with Crippen molar-refractivity contribution in [2.24, 2.45) is 5.92 Å². The number of hydrogen-bond donors (Lipinski definition) is 1. The van der Waals surface area contributed by atoms with Crippen LogP contribution in [0.3, 0.4) is 0 Å². The van der Waals surface area contributed by atoms with Crippen LogP contribution in [0, 0.1) is 12.8 Å². The van der Waals surface area contributed by atoms with Crippen LogP contribution < -0.4 is 14.4 Å². The van der Waals surface area contributed by atoms with Crippen LogP contribution in [0.25, 0.3) is 0 Å². The van der Waals surface area contributed by atoms with Gasteiger partial charge in [-0.2, -0.15) is 0 Å². The quantitative estimate of drug-likeness (QED) is 0.283. The van der Waals surface area contributed by atoms with Crippen LogP contribution in [0.15, 0.2) is 77.7 Å². The van der Waals surface area contributed by atoms with Gasteiger partial charge in [-0.1, -0.05) is 68.8 Å². The first kappa shape index (κ1) is 32.0. The maximum atomic E-state index is 14.2. The first-order valence-corrected chi connectivity index (χ1v) is 15.3. The van der Waals surface area contributed by atoms with Crippen LogP contribution in [0.4, 0.5) is 5.69 Å². The second-order valence-electron chi connectivity index (χ2n) is 10.2. The Hall–Kier alpha value is -3.56. The Morgan fingerprint density at radius 3 is 2.24 bits per heavy atom. The summed E-state index contributed by atoms with van der Waals surface area (Å²) in [4.78, 5) is 29.0. The van der Waals surface area contributed by atoms with Crippen LogP contribution in [-0.2, 0) is 26.2 Å². The third-order valence-corrected chi connectivity index (χ3v) is 8.64. The number of amides is 2. The van der Waals surface area contributed by atoms with Crippen molar-refractivity contribution in [1.29, 1.82) is 0 Å². The summed E-state index contributed by atoms with van der Waals surface area (Å²) in [7, 11) is -2.60. The van der Waals surface area contributed by atoms with Crippen molar-refractivity contribution in [2.45, 2.75) is 51.6 Å². The van der Waals surface area contributed by atoms with E-state index in [0.29, 0.717) is 29.3 Å². The lowest BCUT2D eigenvalue weighted by Crippen LogP contribution is -2.52. The number of nitrogens with one attached hydrogen (secondary N) is 1. The van der Waals surface area contributed by atoms with Crippen molar-refractivity contribution < 1.29 is 22.7 Å². The number of halogens is 1. The summed E-state index contributed by atoms with van der Waals surface area (Å²) in [5.74, 6) is 0.0649. The number of carbonyl (C=O) groups is 2. The number of hydrogen-bond acceptors (Lipinski definition) is 5. The smallest absolute Gasteiger partial charge is 0.264 e. The summed E-state index contributed by atoms with van der Waals surface area (Å²) in [6.07, 6.45) is 0.341. The van der Waals surface area contributed by atoms with Gasteiger partial charge in [-0.25, -0.2) is 8.42 Å². The molecule has 0 aliphatic heterocycles. The van der Waals surface area contributed by atoms with Crippen LogP contribution in [-0.4, -0.2) is 51.4 Å². The van der Waals surface area contributed by atoms with E-state index in [1.807, 2.05) is 32.9 Å². The van der Waals surface area contributed by atoms with E-state index < -0.39 is 28.5 Å². The molecule has 0 bridgehead atoms. The van der Waals surface area contributed by atoms with Crippen molar-refractivity contribution in [1.82, 2.24) is 10.2 Å². The molecule has 0 aromatic heterocycles. The van der Waals surface area contributed by atoms with E-state index in [1.54, 1.807) is 56.5 Å². The van der Waals surface area contributed by atoms with Gasteiger partial charge in [0, 0.05) is 18.1 Å². The molecule has 1 N–H and O–H groups in total. The number of aryl methyl sites for hydroxylation is 1. The Morgan fingerprint density at radius 1 is 1.00 bits per heavy atom. The Labute approximate surface area is 248 Å². The van der Waals surface area contributed by atoms with Gasteiger partial charge >= 0.3 is 0 Å². The average Bonchev–Trinajstić information content (AvgIpc) is 2.96. The molecular formula is C31H38ClN3O5S. The van der Waals surface area contributed by atoms with Gasteiger partial charge in [-0.05, 0) is 66.8 Å². The van der Waals surface area contributed by atoms with Crippen LogP contribution in [0.2, 0.25) is 5.02 Å². The lowest BCUT2D eigenvalue weighted by molar-refractivity contribution is -0.140. The summed E-state index contributed by atoms with van der Waals surface area (Å²) in [6.45, 7) is 7.59. The second-order valence-corrected chi connectivity index (χ2v) is 12.5. The first-order valence-electron chi connectivity index (χ1n) is 13.5.